The van der Waals surface area contributed by atoms with Gasteiger partial charge >= 0.3 is 12.1 Å². The number of carbonyl (C=O) groups excluding carboxylic acids is 2. The Kier molecular flexibility index (Phi) is 11.9. The zero-order chi connectivity index (χ0) is 33.4. The van der Waals surface area contributed by atoms with Crippen LogP contribution in [0, 0.1) is 5.82 Å². The molecule has 2 atom stereocenters. The minimum atomic E-state index is -0.842. The van der Waals surface area contributed by atoms with Crippen LogP contribution >= 0.6 is 23.2 Å². The zero-order valence-corrected chi connectivity index (χ0v) is 27.8. The van der Waals surface area contributed by atoms with Crippen molar-refractivity contribution in [3.8, 4) is 16.9 Å². The van der Waals surface area contributed by atoms with E-state index in [1.807, 2.05) is 0 Å². The maximum absolute atomic E-state index is 14.0. The SMILES string of the molecule is CC(Oc1cc(-c2cnc(NCCC[C@H](NC(=O)OC(C)(C)C)C(=O)OC3CCCC3)nc2)cnc1N)c1c(Cl)ccc(F)c1Cl. The summed E-state index contributed by atoms with van der Waals surface area (Å²) in [5, 5.41) is 5.92. The lowest BCUT2D eigenvalue weighted by Crippen LogP contribution is -2.45. The van der Waals surface area contributed by atoms with Gasteiger partial charge in [-0.3, -0.25) is 0 Å². The van der Waals surface area contributed by atoms with Gasteiger partial charge in [0.15, 0.2) is 11.6 Å². The van der Waals surface area contributed by atoms with Crippen molar-refractivity contribution in [3.63, 3.8) is 0 Å². The van der Waals surface area contributed by atoms with Crippen LogP contribution in [-0.4, -0.2) is 51.3 Å². The first kappa shape index (κ1) is 35.0. The number of alkyl carbamates (subject to hydrolysis) is 1. The minimum absolute atomic E-state index is 0.117. The number of ether oxygens (including phenoxy) is 3. The van der Waals surface area contributed by atoms with Gasteiger partial charge in [-0.05, 0) is 84.4 Å². The molecule has 0 bridgehead atoms. The lowest BCUT2D eigenvalue weighted by Gasteiger charge is -2.24. The van der Waals surface area contributed by atoms with Gasteiger partial charge in [0, 0.05) is 46.8 Å². The number of nitrogens with one attached hydrogen (secondary N) is 2. The zero-order valence-electron chi connectivity index (χ0n) is 26.2. The van der Waals surface area contributed by atoms with Crippen molar-refractivity contribution >= 4 is 47.0 Å². The van der Waals surface area contributed by atoms with Gasteiger partial charge in [-0.25, -0.2) is 28.9 Å². The molecule has 1 saturated carbocycles. The number of pyridine rings is 1. The largest absolute Gasteiger partial charge is 0.482 e. The number of halogens is 3. The van der Waals surface area contributed by atoms with Crippen LogP contribution in [0.4, 0.5) is 21.0 Å². The predicted molar refractivity (Wildman–Crippen MR) is 174 cm³/mol. The number of esters is 1. The summed E-state index contributed by atoms with van der Waals surface area (Å²) in [5.41, 5.74) is 6.93. The molecule has 0 radical (unpaired) electrons. The number of hydrogen-bond acceptors (Lipinski definition) is 10. The number of hydrogen-bond donors (Lipinski definition) is 3. The van der Waals surface area contributed by atoms with Gasteiger partial charge in [-0.1, -0.05) is 23.2 Å². The summed E-state index contributed by atoms with van der Waals surface area (Å²) in [6.07, 6.45) is 7.84. The molecule has 1 aliphatic carbocycles. The highest BCUT2D eigenvalue weighted by Gasteiger charge is 2.28. The van der Waals surface area contributed by atoms with Crippen LogP contribution in [0.5, 0.6) is 5.75 Å². The lowest BCUT2D eigenvalue weighted by atomic mass is 10.1. The van der Waals surface area contributed by atoms with E-state index in [-0.39, 0.29) is 27.7 Å². The van der Waals surface area contributed by atoms with Crippen molar-refractivity contribution in [2.45, 2.75) is 90.1 Å². The fourth-order valence-electron chi connectivity index (χ4n) is 4.90. The normalized spacial score (nSPS) is 14.8. The summed E-state index contributed by atoms with van der Waals surface area (Å²) in [6, 6.07) is 3.43. The number of nitrogens with two attached hydrogens (primary N) is 1. The lowest BCUT2D eigenvalue weighted by molar-refractivity contribution is -0.151. The first-order chi connectivity index (χ1) is 21.8. The van der Waals surface area contributed by atoms with Crippen molar-refractivity contribution < 1.29 is 28.2 Å². The number of aromatic nitrogens is 3. The Labute approximate surface area is 277 Å². The molecule has 11 nitrogen and oxygen atoms in total. The second-order valence-electron chi connectivity index (χ2n) is 12.0. The van der Waals surface area contributed by atoms with Gasteiger partial charge in [0.1, 0.15) is 29.7 Å². The monoisotopic (exact) mass is 676 g/mol. The molecule has 0 saturated heterocycles. The first-order valence-electron chi connectivity index (χ1n) is 15.1. The molecule has 2 heterocycles. The fraction of sp³-hybridized carbons (Fsp3) is 0.469. The van der Waals surface area contributed by atoms with Crippen molar-refractivity contribution in [3.05, 3.63) is 58.2 Å². The summed E-state index contributed by atoms with van der Waals surface area (Å²) in [7, 11) is 0. The molecule has 46 heavy (non-hydrogen) atoms. The van der Waals surface area contributed by atoms with E-state index < -0.39 is 35.6 Å². The standard InChI is InChI=1S/C32H39Cl2FN6O5/c1-18(26-22(33)11-12-23(35)27(26)34)44-25-14-19(15-38-28(25)36)20-16-39-30(40-17-20)37-13-7-10-24(41-31(43)46-32(2,3)4)29(42)45-21-8-5-6-9-21/h11-12,14-18,21,24H,5-10,13H2,1-4H3,(H2,36,38)(H,41,43)(H,37,39,40)/t18?,24-/m0/s1. The number of carbonyl (C=O) groups is 2. The third-order valence-corrected chi connectivity index (χ3v) is 7.88. The van der Waals surface area contributed by atoms with Crippen LogP contribution < -0.4 is 21.1 Å². The molecule has 0 spiro atoms. The van der Waals surface area contributed by atoms with Crippen molar-refractivity contribution in [2.75, 3.05) is 17.6 Å². The number of nitrogen functional groups attached to an aromatic ring is 1. The van der Waals surface area contributed by atoms with Gasteiger partial charge in [0.05, 0.1) is 5.02 Å². The average molecular weight is 678 g/mol. The van der Waals surface area contributed by atoms with E-state index in [9.17, 15) is 14.0 Å². The number of benzene rings is 1. The van der Waals surface area contributed by atoms with E-state index in [2.05, 4.69) is 25.6 Å². The van der Waals surface area contributed by atoms with Gasteiger partial charge in [-0.2, -0.15) is 0 Å². The first-order valence-corrected chi connectivity index (χ1v) is 15.9. The molecule has 1 aromatic carbocycles. The molecular formula is C32H39Cl2FN6O5. The maximum atomic E-state index is 14.0. The number of rotatable bonds is 12. The van der Waals surface area contributed by atoms with E-state index in [1.165, 1.54) is 12.1 Å². The molecule has 4 N–H and O–H groups in total. The third-order valence-electron chi connectivity index (χ3n) is 7.17. The topological polar surface area (TPSA) is 151 Å². The smallest absolute Gasteiger partial charge is 0.408 e. The van der Waals surface area contributed by atoms with E-state index in [4.69, 9.17) is 43.1 Å². The molecule has 1 aliphatic rings. The van der Waals surface area contributed by atoms with Crippen molar-refractivity contribution in [1.29, 1.82) is 0 Å². The van der Waals surface area contributed by atoms with E-state index >= 15 is 0 Å². The van der Waals surface area contributed by atoms with Crippen molar-refractivity contribution in [1.82, 2.24) is 20.3 Å². The van der Waals surface area contributed by atoms with Crippen LogP contribution in [0.2, 0.25) is 10.0 Å². The highest BCUT2D eigenvalue weighted by molar-refractivity contribution is 6.36. The Morgan fingerprint density at radius 2 is 1.76 bits per heavy atom. The van der Waals surface area contributed by atoms with Gasteiger partial charge < -0.3 is 30.6 Å². The Bertz CT molecular complexity index is 1520. The number of anilines is 2. The highest BCUT2D eigenvalue weighted by atomic mass is 35.5. The highest BCUT2D eigenvalue weighted by Crippen LogP contribution is 2.37. The summed E-state index contributed by atoms with van der Waals surface area (Å²) in [4.78, 5) is 38.2. The van der Waals surface area contributed by atoms with Gasteiger partial charge in [0.2, 0.25) is 5.95 Å². The predicted octanol–water partition coefficient (Wildman–Crippen LogP) is 7.28. The van der Waals surface area contributed by atoms with E-state index in [0.717, 1.165) is 25.7 Å². The molecule has 14 heteroatoms. The summed E-state index contributed by atoms with van der Waals surface area (Å²) in [5.74, 6) is -0.316. The fourth-order valence-corrected chi connectivity index (χ4v) is 5.58. The third kappa shape index (κ3) is 9.80. The maximum Gasteiger partial charge on any atom is 0.408 e. The van der Waals surface area contributed by atoms with Crippen LogP contribution in [-0.2, 0) is 14.3 Å². The van der Waals surface area contributed by atoms with Crippen molar-refractivity contribution in [2.24, 2.45) is 0 Å². The van der Waals surface area contributed by atoms with Gasteiger partial charge in [0.25, 0.3) is 0 Å². The van der Waals surface area contributed by atoms with Gasteiger partial charge in [-0.15, -0.1) is 0 Å². The second kappa shape index (κ2) is 15.6. The number of amides is 1. The van der Waals surface area contributed by atoms with Crippen LogP contribution in [0.25, 0.3) is 11.1 Å². The minimum Gasteiger partial charge on any atom is -0.482 e. The molecule has 4 rings (SSSR count). The quantitative estimate of drug-likeness (QED) is 0.101. The molecule has 248 valence electrons. The van der Waals surface area contributed by atoms with Crippen LogP contribution in [0.3, 0.4) is 0 Å². The molecule has 1 unspecified atom stereocenters. The summed E-state index contributed by atoms with van der Waals surface area (Å²) >= 11 is 12.4. The summed E-state index contributed by atoms with van der Waals surface area (Å²) < 4.78 is 31.0. The Morgan fingerprint density at radius 3 is 2.43 bits per heavy atom. The average Bonchev–Trinajstić information content (AvgIpc) is 3.50. The Balaban J connectivity index is 1.34. The van der Waals surface area contributed by atoms with E-state index in [0.29, 0.717) is 42.0 Å². The molecule has 3 aromatic rings. The molecular weight excluding hydrogens is 638 g/mol. The Hall–Kier alpha value is -3.90. The van der Waals surface area contributed by atoms with Crippen LogP contribution in [0.1, 0.15) is 77.9 Å². The molecule has 1 fully saturated rings. The molecule has 1 amide bonds. The summed E-state index contributed by atoms with van der Waals surface area (Å²) in [6.45, 7) is 7.38. The number of nitrogens with zero attached hydrogens (tertiary/aromatic N) is 3. The van der Waals surface area contributed by atoms with Crippen LogP contribution in [0.15, 0.2) is 36.8 Å². The second-order valence-corrected chi connectivity index (χ2v) is 12.8. The molecule has 0 aliphatic heterocycles. The van der Waals surface area contributed by atoms with E-state index in [1.54, 1.807) is 52.4 Å². The Morgan fingerprint density at radius 1 is 1.09 bits per heavy atom. The molecule has 2 aromatic heterocycles.